The van der Waals surface area contributed by atoms with E-state index in [1.54, 1.807) is 17.5 Å². The molecule has 0 saturated heterocycles. The van der Waals surface area contributed by atoms with Crippen molar-refractivity contribution in [3.8, 4) is 5.75 Å². The number of para-hydroxylation sites is 1. The van der Waals surface area contributed by atoms with Crippen molar-refractivity contribution in [2.75, 3.05) is 13.1 Å². The molecule has 2 amide bonds. The maximum Gasteiger partial charge on any atom is 0.270 e. The molecule has 0 aliphatic heterocycles. The van der Waals surface area contributed by atoms with Crippen LogP contribution < -0.4 is 15.4 Å². The molecule has 0 spiro atoms. The van der Waals surface area contributed by atoms with Gasteiger partial charge < -0.3 is 15.4 Å². The summed E-state index contributed by atoms with van der Waals surface area (Å²) in [6.07, 6.45) is 0. The van der Waals surface area contributed by atoms with E-state index in [1.807, 2.05) is 0 Å². The van der Waals surface area contributed by atoms with E-state index in [9.17, 15) is 18.4 Å². The zero-order valence-corrected chi connectivity index (χ0v) is 16.0. The molecule has 29 heavy (non-hydrogen) atoms. The summed E-state index contributed by atoms with van der Waals surface area (Å²) < 4.78 is 31.7. The summed E-state index contributed by atoms with van der Waals surface area (Å²) in [7, 11) is 0. The average Bonchev–Trinajstić information content (AvgIpc) is 3.20. The van der Waals surface area contributed by atoms with Crippen molar-refractivity contribution >= 4 is 23.2 Å². The summed E-state index contributed by atoms with van der Waals surface area (Å²) in [4.78, 5) is 28.2. The molecule has 0 bridgehead atoms. The van der Waals surface area contributed by atoms with E-state index in [0.29, 0.717) is 10.6 Å². The minimum Gasteiger partial charge on any atom is -0.483 e. The number of thiazole rings is 1. The van der Waals surface area contributed by atoms with E-state index in [-0.39, 0.29) is 37.0 Å². The third-order valence-corrected chi connectivity index (χ3v) is 4.60. The van der Waals surface area contributed by atoms with Crippen LogP contribution in [0.2, 0.25) is 0 Å². The second-order valence-electron chi connectivity index (χ2n) is 5.86. The van der Waals surface area contributed by atoms with E-state index in [0.717, 1.165) is 0 Å². The lowest BCUT2D eigenvalue weighted by Crippen LogP contribution is -2.34. The highest BCUT2D eigenvalue weighted by Crippen LogP contribution is 2.18. The van der Waals surface area contributed by atoms with Gasteiger partial charge in [0.25, 0.3) is 11.8 Å². The highest BCUT2D eigenvalue weighted by atomic mass is 32.1. The molecule has 3 rings (SSSR count). The van der Waals surface area contributed by atoms with Crippen molar-refractivity contribution < 1.29 is 23.1 Å². The fraction of sp³-hybridized carbons (Fsp3) is 0.150. The quantitative estimate of drug-likeness (QED) is 0.552. The number of carbonyl (C=O) groups excluding carboxylic acids is 2. The van der Waals surface area contributed by atoms with Gasteiger partial charge in [0.1, 0.15) is 23.1 Å². The van der Waals surface area contributed by atoms with Crippen molar-refractivity contribution in [3.63, 3.8) is 0 Å². The highest BCUT2D eigenvalue weighted by molar-refractivity contribution is 7.09. The van der Waals surface area contributed by atoms with Crippen LogP contribution in [0.5, 0.6) is 5.75 Å². The molecule has 0 aliphatic carbocycles. The molecule has 2 aromatic carbocycles. The Hall–Kier alpha value is -3.33. The molecule has 9 heteroatoms. The summed E-state index contributed by atoms with van der Waals surface area (Å²) in [6, 6.07) is 11.2. The molecule has 0 atom stereocenters. The molecule has 6 nitrogen and oxygen atoms in total. The minimum absolute atomic E-state index is 0.0482. The molecule has 0 unspecified atom stereocenters. The van der Waals surface area contributed by atoms with Crippen molar-refractivity contribution in [1.82, 2.24) is 15.6 Å². The number of nitrogens with one attached hydrogen (secondary N) is 2. The first-order valence-corrected chi connectivity index (χ1v) is 9.54. The molecular formula is C20H17F2N3O3S. The summed E-state index contributed by atoms with van der Waals surface area (Å²) in [5.74, 6) is -1.53. The molecule has 1 aromatic heterocycles. The maximum absolute atomic E-state index is 13.5. The number of nitrogens with zero attached hydrogens (tertiary/aromatic N) is 1. The molecule has 2 N–H and O–H groups in total. The second-order valence-corrected chi connectivity index (χ2v) is 6.81. The number of rotatable bonds is 8. The van der Waals surface area contributed by atoms with Crippen LogP contribution in [0.15, 0.2) is 53.9 Å². The topological polar surface area (TPSA) is 80.3 Å². The molecular weight excluding hydrogens is 400 g/mol. The first-order chi connectivity index (χ1) is 14.0. The Kier molecular flexibility index (Phi) is 6.85. The molecule has 0 fully saturated rings. The van der Waals surface area contributed by atoms with E-state index >= 15 is 0 Å². The fourth-order valence-electron chi connectivity index (χ4n) is 2.33. The van der Waals surface area contributed by atoms with Crippen LogP contribution in [0.25, 0.3) is 0 Å². The Bertz CT molecular complexity index is 993. The Morgan fingerprint density at radius 3 is 2.38 bits per heavy atom. The zero-order chi connectivity index (χ0) is 20.6. The van der Waals surface area contributed by atoms with Crippen LogP contribution in [0.4, 0.5) is 8.78 Å². The SMILES string of the molecule is O=C(NCCNC(=O)c1csc(COc2ccccc2F)n1)c1ccc(F)cc1. The van der Waals surface area contributed by atoms with Gasteiger partial charge in [-0.3, -0.25) is 9.59 Å². The van der Waals surface area contributed by atoms with Gasteiger partial charge in [-0.25, -0.2) is 13.8 Å². The van der Waals surface area contributed by atoms with Crippen LogP contribution in [0, 0.1) is 11.6 Å². The molecule has 0 aliphatic rings. The van der Waals surface area contributed by atoms with Crippen molar-refractivity contribution in [1.29, 1.82) is 0 Å². The molecule has 0 radical (unpaired) electrons. The zero-order valence-electron chi connectivity index (χ0n) is 15.2. The van der Waals surface area contributed by atoms with E-state index in [2.05, 4.69) is 15.6 Å². The number of ether oxygens (including phenoxy) is 1. The molecule has 3 aromatic rings. The Balaban J connectivity index is 1.41. The second kappa shape index (κ2) is 9.74. The van der Waals surface area contributed by atoms with Crippen LogP contribution in [-0.4, -0.2) is 29.9 Å². The standard InChI is InChI=1S/C20H17F2N3O3S/c21-14-7-5-13(6-8-14)19(26)23-9-10-24-20(27)16-12-29-18(25-16)11-28-17-4-2-1-3-15(17)22/h1-8,12H,9-11H2,(H,23,26)(H,24,27). The largest absolute Gasteiger partial charge is 0.483 e. The Morgan fingerprint density at radius 1 is 0.966 bits per heavy atom. The molecule has 1 heterocycles. The number of amides is 2. The summed E-state index contributed by atoms with van der Waals surface area (Å²) in [5, 5.41) is 7.37. The Morgan fingerprint density at radius 2 is 1.66 bits per heavy atom. The van der Waals surface area contributed by atoms with Crippen molar-refractivity contribution in [2.45, 2.75) is 6.61 Å². The van der Waals surface area contributed by atoms with E-state index < -0.39 is 17.5 Å². The monoisotopic (exact) mass is 417 g/mol. The predicted octanol–water partition coefficient (Wildman–Crippen LogP) is 3.16. The minimum atomic E-state index is -0.468. The summed E-state index contributed by atoms with van der Waals surface area (Å²) in [5.41, 5.74) is 0.545. The number of aromatic nitrogens is 1. The van der Waals surface area contributed by atoms with Crippen LogP contribution in [0.1, 0.15) is 25.9 Å². The lowest BCUT2D eigenvalue weighted by molar-refractivity contribution is 0.0925. The molecule has 150 valence electrons. The fourth-order valence-corrected chi connectivity index (χ4v) is 3.01. The van der Waals surface area contributed by atoms with Gasteiger partial charge in [0.05, 0.1) is 0 Å². The lowest BCUT2D eigenvalue weighted by atomic mass is 10.2. The van der Waals surface area contributed by atoms with Gasteiger partial charge in [0.15, 0.2) is 11.6 Å². The number of hydrogen-bond acceptors (Lipinski definition) is 5. The average molecular weight is 417 g/mol. The first-order valence-electron chi connectivity index (χ1n) is 8.66. The van der Waals surface area contributed by atoms with E-state index in [1.165, 1.54) is 47.7 Å². The smallest absolute Gasteiger partial charge is 0.270 e. The number of carbonyl (C=O) groups is 2. The first kappa shape index (κ1) is 20.4. The summed E-state index contributed by atoms with van der Waals surface area (Å²) in [6.45, 7) is 0.451. The van der Waals surface area contributed by atoms with Gasteiger partial charge in [-0.2, -0.15) is 0 Å². The van der Waals surface area contributed by atoms with Crippen molar-refractivity contribution in [2.24, 2.45) is 0 Å². The van der Waals surface area contributed by atoms with Gasteiger partial charge >= 0.3 is 0 Å². The van der Waals surface area contributed by atoms with Crippen molar-refractivity contribution in [3.05, 3.63) is 81.8 Å². The van der Waals surface area contributed by atoms with E-state index in [4.69, 9.17) is 4.74 Å². The van der Waals surface area contributed by atoms with Crippen LogP contribution >= 0.6 is 11.3 Å². The number of hydrogen-bond donors (Lipinski definition) is 2. The van der Waals surface area contributed by atoms with Crippen LogP contribution in [0.3, 0.4) is 0 Å². The lowest BCUT2D eigenvalue weighted by Gasteiger charge is -2.06. The Labute approximate surface area is 169 Å². The molecule has 0 saturated carbocycles. The third kappa shape index (κ3) is 5.82. The van der Waals surface area contributed by atoms with Gasteiger partial charge in [0, 0.05) is 24.0 Å². The predicted molar refractivity (Wildman–Crippen MR) is 104 cm³/mol. The number of benzene rings is 2. The van der Waals surface area contributed by atoms with Gasteiger partial charge in [-0.15, -0.1) is 11.3 Å². The van der Waals surface area contributed by atoms with Crippen LogP contribution in [-0.2, 0) is 6.61 Å². The van der Waals surface area contributed by atoms with Gasteiger partial charge in [0.2, 0.25) is 0 Å². The van der Waals surface area contributed by atoms with Gasteiger partial charge in [-0.1, -0.05) is 12.1 Å². The highest BCUT2D eigenvalue weighted by Gasteiger charge is 2.12. The maximum atomic E-state index is 13.5. The number of halogens is 2. The summed E-state index contributed by atoms with van der Waals surface area (Å²) >= 11 is 1.23. The third-order valence-electron chi connectivity index (χ3n) is 3.77. The van der Waals surface area contributed by atoms with Gasteiger partial charge in [-0.05, 0) is 36.4 Å². The normalized spacial score (nSPS) is 10.4.